The van der Waals surface area contributed by atoms with Crippen molar-refractivity contribution >= 4 is 11.7 Å². The lowest BCUT2D eigenvalue weighted by Gasteiger charge is -2.56. The number of alkyl halides is 5. The van der Waals surface area contributed by atoms with Crippen molar-refractivity contribution in [3.05, 3.63) is 58.2 Å². The second-order valence-electron chi connectivity index (χ2n) is 13.2. The highest BCUT2D eigenvalue weighted by molar-refractivity contribution is 5.94. The van der Waals surface area contributed by atoms with Gasteiger partial charge in [-0.25, -0.2) is 0 Å². The Morgan fingerprint density at radius 3 is 2.29 bits per heavy atom. The molecule has 42 heavy (non-hydrogen) atoms. The molecular formula is C32H37F5N2O3. The fraction of sp³-hybridized carbons (Fsp3) is 0.625. The van der Waals surface area contributed by atoms with Crippen LogP contribution < -0.4 is 0 Å². The highest BCUT2D eigenvalue weighted by Gasteiger charge is 2.79. The molecule has 1 aromatic rings. The number of carbonyl (C=O) groups excluding carboxylic acids is 2. The molecule has 5 aliphatic rings. The van der Waals surface area contributed by atoms with Crippen LogP contribution in [-0.2, 0) is 4.79 Å². The highest BCUT2D eigenvalue weighted by atomic mass is 19.4. The van der Waals surface area contributed by atoms with Gasteiger partial charge >= 0.3 is 12.1 Å². The van der Waals surface area contributed by atoms with E-state index in [0.717, 1.165) is 35.4 Å². The molecule has 4 aliphatic carbocycles. The number of fused-ring (bicyclic) bond motifs is 4. The Labute approximate surface area is 242 Å². The van der Waals surface area contributed by atoms with Crippen LogP contribution >= 0.6 is 0 Å². The van der Waals surface area contributed by atoms with Gasteiger partial charge in [-0.3, -0.25) is 9.59 Å². The number of amides is 1. The van der Waals surface area contributed by atoms with Gasteiger partial charge < -0.3 is 14.9 Å². The van der Waals surface area contributed by atoms with Gasteiger partial charge in [-0.1, -0.05) is 24.6 Å². The van der Waals surface area contributed by atoms with Crippen molar-refractivity contribution in [1.29, 1.82) is 0 Å². The number of hydrogen-bond acceptors (Lipinski definition) is 4. The van der Waals surface area contributed by atoms with E-state index in [0.29, 0.717) is 44.3 Å². The monoisotopic (exact) mass is 592 g/mol. The molecule has 2 saturated carbocycles. The van der Waals surface area contributed by atoms with Crippen molar-refractivity contribution in [3.8, 4) is 0 Å². The molecule has 5 atom stereocenters. The van der Waals surface area contributed by atoms with Gasteiger partial charge in [0.15, 0.2) is 5.78 Å². The van der Waals surface area contributed by atoms with Crippen LogP contribution in [0, 0.1) is 17.3 Å². The first-order chi connectivity index (χ1) is 19.7. The summed E-state index contributed by atoms with van der Waals surface area (Å²) in [4.78, 5) is 29.3. The van der Waals surface area contributed by atoms with Crippen LogP contribution in [0.2, 0.25) is 0 Å². The lowest BCUT2D eigenvalue weighted by molar-refractivity contribution is -0.362. The maximum absolute atomic E-state index is 15.2. The summed E-state index contributed by atoms with van der Waals surface area (Å²) in [5.41, 5.74) is -0.764. The lowest BCUT2D eigenvalue weighted by atomic mass is 9.50. The largest absolute Gasteiger partial charge is 0.456 e. The van der Waals surface area contributed by atoms with E-state index in [9.17, 15) is 27.9 Å². The molecule has 1 N–H and O–H groups in total. The first-order valence-corrected chi connectivity index (χ1v) is 14.9. The van der Waals surface area contributed by atoms with Gasteiger partial charge in [-0.05, 0) is 92.3 Å². The number of benzene rings is 1. The van der Waals surface area contributed by atoms with E-state index in [1.165, 1.54) is 6.92 Å². The average Bonchev–Trinajstić information content (AvgIpc) is 3.23. The summed E-state index contributed by atoms with van der Waals surface area (Å²) in [5, 5.41) is 11.4. The van der Waals surface area contributed by atoms with Gasteiger partial charge in [-0.2, -0.15) is 22.0 Å². The maximum Gasteiger partial charge on any atom is 0.456 e. The predicted molar refractivity (Wildman–Crippen MR) is 146 cm³/mol. The van der Waals surface area contributed by atoms with E-state index < -0.39 is 41.4 Å². The molecule has 0 spiro atoms. The van der Waals surface area contributed by atoms with Gasteiger partial charge in [0.25, 0.3) is 5.91 Å². The number of ketones is 1. The minimum Gasteiger partial charge on any atom is -0.383 e. The Hall–Kier alpha value is -2.59. The number of aliphatic hydroxyl groups is 1. The summed E-state index contributed by atoms with van der Waals surface area (Å²) in [5.74, 6) is -6.69. The Bertz CT molecular complexity index is 1340. The number of likely N-dealkylation sites (N-methyl/N-ethyl adjacent to an activating group) is 1. The molecule has 228 valence electrons. The predicted octanol–water partition coefficient (Wildman–Crippen LogP) is 5.90. The van der Waals surface area contributed by atoms with Crippen molar-refractivity contribution in [2.45, 2.75) is 75.5 Å². The van der Waals surface area contributed by atoms with Crippen molar-refractivity contribution in [2.24, 2.45) is 17.3 Å². The maximum atomic E-state index is 15.2. The number of carbonyl (C=O) groups is 2. The van der Waals surface area contributed by atoms with E-state index in [4.69, 9.17) is 0 Å². The number of allylic oxidation sites excluding steroid dienone is 4. The molecule has 10 heteroatoms. The molecule has 1 saturated heterocycles. The Morgan fingerprint density at radius 1 is 0.976 bits per heavy atom. The Balaban J connectivity index is 1.42. The summed E-state index contributed by atoms with van der Waals surface area (Å²) in [7, 11) is 2.00. The number of hydrogen-bond donors (Lipinski definition) is 1. The molecule has 0 bridgehead atoms. The summed E-state index contributed by atoms with van der Waals surface area (Å²) >= 11 is 0. The summed E-state index contributed by atoms with van der Waals surface area (Å²) in [6.45, 7) is 4.18. The zero-order valence-corrected chi connectivity index (χ0v) is 23.9. The molecule has 6 rings (SSSR count). The minimum absolute atomic E-state index is 0.0387. The van der Waals surface area contributed by atoms with E-state index in [-0.39, 0.29) is 30.4 Å². The topological polar surface area (TPSA) is 60.9 Å². The zero-order chi connectivity index (χ0) is 30.2. The molecule has 0 radical (unpaired) electrons. The summed E-state index contributed by atoms with van der Waals surface area (Å²) in [6.07, 6.45) is -2.93. The molecule has 1 heterocycles. The van der Waals surface area contributed by atoms with Gasteiger partial charge in [0.2, 0.25) is 0 Å². The van der Waals surface area contributed by atoms with E-state index in [1.54, 1.807) is 35.2 Å². The number of nitrogens with zero attached hydrogens (tertiary/aromatic N) is 2. The van der Waals surface area contributed by atoms with Crippen LogP contribution in [0.4, 0.5) is 22.0 Å². The van der Waals surface area contributed by atoms with Crippen LogP contribution in [0.25, 0.3) is 0 Å². The highest BCUT2D eigenvalue weighted by Crippen LogP contribution is 2.70. The Kier molecular flexibility index (Phi) is 7.00. The summed E-state index contributed by atoms with van der Waals surface area (Å²) in [6, 6.07) is 6.98. The average molecular weight is 593 g/mol. The SMILES string of the molecule is CN1CCN(C(=O)c2ccc([C@H]3CC4(C)[C@@H](CC[C@@]4(O)C(F)(F)C(F)(F)F)C4CCC5=CC(=O)CCC5=C43)cc2)CC1. The van der Waals surface area contributed by atoms with Gasteiger partial charge in [0.1, 0.15) is 5.60 Å². The molecule has 5 nitrogen and oxygen atoms in total. The fourth-order valence-corrected chi connectivity index (χ4v) is 8.76. The first kappa shape index (κ1) is 29.5. The molecule has 1 aliphatic heterocycles. The van der Waals surface area contributed by atoms with Crippen LogP contribution in [-0.4, -0.2) is 77.5 Å². The molecule has 1 amide bonds. The molecule has 0 aromatic heterocycles. The molecular weight excluding hydrogens is 555 g/mol. The lowest BCUT2D eigenvalue weighted by Crippen LogP contribution is -2.65. The number of rotatable bonds is 3. The van der Waals surface area contributed by atoms with Crippen LogP contribution in [0.15, 0.2) is 47.1 Å². The first-order valence-electron chi connectivity index (χ1n) is 14.9. The van der Waals surface area contributed by atoms with Crippen molar-refractivity contribution < 1.29 is 36.6 Å². The Morgan fingerprint density at radius 2 is 1.64 bits per heavy atom. The summed E-state index contributed by atoms with van der Waals surface area (Å²) < 4.78 is 71.6. The molecule has 1 aromatic carbocycles. The van der Waals surface area contributed by atoms with Gasteiger partial charge in [-0.15, -0.1) is 0 Å². The van der Waals surface area contributed by atoms with Crippen LogP contribution in [0.1, 0.15) is 73.7 Å². The fourth-order valence-electron chi connectivity index (χ4n) is 8.76. The number of piperazine rings is 1. The standard InChI is InChI=1S/C32H37F5N2O3/c1-29-18-25(19-3-5-20(6-4-19)28(41)39-15-13-38(2)14-16-39)27-23-10-8-22(40)17-21(23)7-9-24(27)26(29)11-12-30(29,42)31(33,34)32(35,36)37/h3-6,17,24-26,42H,7-16,18H2,1-2H3/t24?,25-,26+,29?,30+/m1/s1. The quantitative estimate of drug-likeness (QED) is 0.444. The van der Waals surface area contributed by atoms with Crippen LogP contribution in [0.5, 0.6) is 0 Å². The smallest absolute Gasteiger partial charge is 0.383 e. The third kappa shape index (κ3) is 4.30. The van der Waals surface area contributed by atoms with Gasteiger partial charge in [0.05, 0.1) is 0 Å². The zero-order valence-electron chi connectivity index (χ0n) is 23.9. The van der Waals surface area contributed by atoms with Crippen LogP contribution in [0.3, 0.4) is 0 Å². The van der Waals surface area contributed by atoms with Crippen molar-refractivity contribution in [3.63, 3.8) is 0 Å². The normalized spacial score (nSPS) is 34.1. The third-order valence-electron chi connectivity index (χ3n) is 11.1. The van der Waals surface area contributed by atoms with E-state index in [1.807, 2.05) is 7.05 Å². The second kappa shape index (κ2) is 9.97. The van der Waals surface area contributed by atoms with E-state index in [2.05, 4.69) is 4.90 Å². The van der Waals surface area contributed by atoms with Crippen molar-refractivity contribution in [1.82, 2.24) is 9.80 Å². The van der Waals surface area contributed by atoms with Crippen molar-refractivity contribution in [2.75, 3.05) is 33.2 Å². The second-order valence-corrected chi connectivity index (χ2v) is 13.2. The minimum atomic E-state index is -5.88. The third-order valence-corrected chi connectivity index (χ3v) is 11.1. The van der Waals surface area contributed by atoms with E-state index >= 15 is 8.78 Å². The van der Waals surface area contributed by atoms with Gasteiger partial charge in [0, 0.05) is 49.5 Å². The molecule has 2 unspecified atom stereocenters. The number of halogens is 5. The molecule has 3 fully saturated rings.